The average Bonchev–Trinajstić information content (AvgIpc) is 2.22. The zero-order valence-electron chi connectivity index (χ0n) is 9.85. The number of carboxylic acids is 1. The zero-order chi connectivity index (χ0) is 12.2. The van der Waals surface area contributed by atoms with Gasteiger partial charge in [-0.2, -0.15) is 0 Å². The molecule has 0 aliphatic heterocycles. The highest BCUT2D eigenvalue weighted by Crippen LogP contribution is 1.90. The van der Waals surface area contributed by atoms with E-state index in [1.54, 1.807) is 18.1 Å². The van der Waals surface area contributed by atoms with Crippen LogP contribution in [0.4, 0.5) is 0 Å². The minimum atomic E-state index is -0.832. The van der Waals surface area contributed by atoms with E-state index in [4.69, 9.17) is 14.6 Å². The van der Waals surface area contributed by atoms with E-state index in [-0.39, 0.29) is 6.54 Å². The van der Waals surface area contributed by atoms with Crippen molar-refractivity contribution in [2.75, 3.05) is 46.6 Å². The van der Waals surface area contributed by atoms with E-state index in [2.05, 4.69) is 6.58 Å². The molecule has 0 bridgehead atoms. The monoisotopic (exact) mass is 231 g/mol. The molecule has 94 valence electrons. The van der Waals surface area contributed by atoms with E-state index in [1.165, 1.54) is 0 Å². The van der Waals surface area contributed by atoms with Gasteiger partial charge in [0.25, 0.3) is 0 Å². The van der Waals surface area contributed by atoms with Gasteiger partial charge >= 0.3 is 5.97 Å². The highest BCUT2D eigenvalue weighted by Gasteiger charge is 2.07. The summed E-state index contributed by atoms with van der Waals surface area (Å²) in [5.74, 6) is -0.832. The summed E-state index contributed by atoms with van der Waals surface area (Å²) in [5.41, 5.74) is 0. The normalized spacial score (nSPS) is 10.6. The number of rotatable bonds is 11. The first-order chi connectivity index (χ1) is 7.70. The van der Waals surface area contributed by atoms with Gasteiger partial charge in [-0.15, -0.1) is 6.58 Å². The Labute approximate surface area is 96.6 Å². The Balaban J connectivity index is 3.51. The first kappa shape index (κ1) is 15.1. The molecule has 0 saturated heterocycles. The maximum atomic E-state index is 10.5. The first-order valence-corrected chi connectivity index (χ1v) is 5.32. The molecule has 16 heavy (non-hydrogen) atoms. The fraction of sp³-hybridized carbons (Fsp3) is 0.727. The molecule has 0 aliphatic rings. The first-order valence-electron chi connectivity index (χ1n) is 5.32. The number of ether oxygens (including phenoxy) is 2. The van der Waals surface area contributed by atoms with Gasteiger partial charge in [0.1, 0.15) is 0 Å². The van der Waals surface area contributed by atoms with Crippen LogP contribution < -0.4 is 0 Å². The second kappa shape index (κ2) is 10.6. The van der Waals surface area contributed by atoms with E-state index in [9.17, 15) is 4.79 Å². The number of carbonyl (C=O) groups is 1. The van der Waals surface area contributed by atoms with Crippen molar-refractivity contribution in [3.05, 3.63) is 12.7 Å². The molecule has 0 unspecified atom stereocenters. The zero-order valence-corrected chi connectivity index (χ0v) is 9.85. The topological polar surface area (TPSA) is 59.0 Å². The van der Waals surface area contributed by atoms with Crippen LogP contribution >= 0.6 is 0 Å². The molecule has 0 spiro atoms. The van der Waals surface area contributed by atoms with Crippen LogP contribution in [0.2, 0.25) is 0 Å². The summed E-state index contributed by atoms with van der Waals surface area (Å²) in [6.45, 7) is 6.63. The second-order valence-corrected chi connectivity index (χ2v) is 3.38. The van der Waals surface area contributed by atoms with Crippen LogP contribution in [-0.4, -0.2) is 62.5 Å². The molecule has 0 aromatic carbocycles. The number of carboxylic acid groups (broad SMARTS) is 1. The predicted molar refractivity (Wildman–Crippen MR) is 61.6 cm³/mol. The third-order valence-corrected chi connectivity index (χ3v) is 1.94. The molecule has 0 aromatic rings. The Kier molecular flexibility index (Phi) is 10.00. The maximum Gasteiger partial charge on any atom is 0.317 e. The minimum Gasteiger partial charge on any atom is -0.480 e. The Bertz CT molecular complexity index is 196. The lowest BCUT2D eigenvalue weighted by molar-refractivity contribution is -0.138. The molecule has 0 rings (SSSR count). The van der Waals surface area contributed by atoms with Crippen molar-refractivity contribution in [3.8, 4) is 0 Å². The summed E-state index contributed by atoms with van der Waals surface area (Å²) in [7, 11) is 1.65. The Hall–Kier alpha value is -0.910. The Morgan fingerprint density at radius 1 is 1.44 bits per heavy atom. The van der Waals surface area contributed by atoms with E-state index in [1.807, 2.05) is 0 Å². The lowest BCUT2D eigenvalue weighted by Crippen LogP contribution is -2.33. The molecule has 0 amide bonds. The minimum absolute atomic E-state index is 0.0213. The SMILES string of the molecule is C=CCN(CCOCCCOC)CC(=O)O. The standard InChI is InChI=1S/C11H21NO4/c1-3-5-12(10-11(13)14)6-9-16-8-4-7-15-2/h3H,1,4-10H2,2H3,(H,13,14). The maximum absolute atomic E-state index is 10.5. The molecular formula is C11H21NO4. The van der Waals surface area contributed by atoms with Gasteiger partial charge in [0.15, 0.2) is 0 Å². The number of hydrogen-bond acceptors (Lipinski definition) is 4. The third kappa shape index (κ3) is 9.64. The van der Waals surface area contributed by atoms with Crippen molar-refractivity contribution < 1.29 is 19.4 Å². The van der Waals surface area contributed by atoms with Gasteiger partial charge in [-0.3, -0.25) is 9.69 Å². The third-order valence-electron chi connectivity index (χ3n) is 1.94. The summed E-state index contributed by atoms with van der Waals surface area (Å²) >= 11 is 0. The van der Waals surface area contributed by atoms with Crippen LogP contribution in [0, 0.1) is 0 Å². The molecule has 5 nitrogen and oxygen atoms in total. The molecule has 5 heteroatoms. The van der Waals surface area contributed by atoms with Gasteiger partial charge in [-0.25, -0.2) is 0 Å². The molecule has 0 atom stereocenters. The largest absolute Gasteiger partial charge is 0.480 e. The van der Waals surface area contributed by atoms with Gasteiger partial charge in [0.2, 0.25) is 0 Å². The lowest BCUT2D eigenvalue weighted by Gasteiger charge is -2.17. The Morgan fingerprint density at radius 3 is 2.75 bits per heavy atom. The number of aliphatic carboxylic acids is 1. The quantitative estimate of drug-likeness (QED) is 0.417. The highest BCUT2D eigenvalue weighted by atomic mass is 16.5. The molecule has 0 radical (unpaired) electrons. The number of nitrogens with zero attached hydrogens (tertiary/aromatic N) is 1. The number of hydrogen-bond donors (Lipinski definition) is 1. The van der Waals surface area contributed by atoms with E-state index < -0.39 is 5.97 Å². The summed E-state index contributed by atoms with van der Waals surface area (Å²) in [4.78, 5) is 12.3. The number of methoxy groups -OCH3 is 1. The summed E-state index contributed by atoms with van der Waals surface area (Å²) in [6.07, 6.45) is 2.55. The van der Waals surface area contributed by atoms with Crippen LogP contribution in [-0.2, 0) is 14.3 Å². The summed E-state index contributed by atoms with van der Waals surface area (Å²) in [5, 5.41) is 8.65. The van der Waals surface area contributed by atoms with Crippen molar-refractivity contribution in [1.29, 1.82) is 0 Å². The predicted octanol–water partition coefficient (Wildman–Crippen LogP) is 0.612. The molecule has 0 heterocycles. The molecule has 0 saturated carbocycles. The van der Waals surface area contributed by atoms with Crippen LogP contribution in [0.1, 0.15) is 6.42 Å². The van der Waals surface area contributed by atoms with Crippen molar-refractivity contribution >= 4 is 5.97 Å². The molecule has 0 aromatic heterocycles. The van der Waals surface area contributed by atoms with E-state index >= 15 is 0 Å². The molecular weight excluding hydrogens is 210 g/mol. The Morgan fingerprint density at radius 2 is 2.19 bits per heavy atom. The lowest BCUT2D eigenvalue weighted by atomic mass is 10.4. The van der Waals surface area contributed by atoms with Crippen molar-refractivity contribution in [2.45, 2.75) is 6.42 Å². The average molecular weight is 231 g/mol. The van der Waals surface area contributed by atoms with Crippen LogP contribution in [0.25, 0.3) is 0 Å². The highest BCUT2D eigenvalue weighted by molar-refractivity contribution is 5.69. The van der Waals surface area contributed by atoms with E-state index in [0.29, 0.717) is 32.9 Å². The van der Waals surface area contributed by atoms with Crippen molar-refractivity contribution in [3.63, 3.8) is 0 Å². The van der Waals surface area contributed by atoms with Crippen LogP contribution in [0.5, 0.6) is 0 Å². The van der Waals surface area contributed by atoms with Gasteiger partial charge in [0, 0.05) is 33.4 Å². The molecule has 0 aliphatic carbocycles. The van der Waals surface area contributed by atoms with Gasteiger partial charge < -0.3 is 14.6 Å². The smallest absolute Gasteiger partial charge is 0.317 e. The fourth-order valence-corrected chi connectivity index (χ4v) is 1.21. The molecule has 0 fully saturated rings. The van der Waals surface area contributed by atoms with Crippen LogP contribution in [0.3, 0.4) is 0 Å². The van der Waals surface area contributed by atoms with Crippen molar-refractivity contribution in [1.82, 2.24) is 4.90 Å². The summed E-state index contributed by atoms with van der Waals surface area (Å²) in [6, 6.07) is 0. The molecule has 1 N–H and O–H groups in total. The summed E-state index contributed by atoms with van der Waals surface area (Å²) < 4.78 is 10.2. The van der Waals surface area contributed by atoms with Crippen LogP contribution in [0.15, 0.2) is 12.7 Å². The van der Waals surface area contributed by atoms with Gasteiger partial charge in [0.05, 0.1) is 13.2 Å². The van der Waals surface area contributed by atoms with Crippen molar-refractivity contribution in [2.24, 2.45) is 0 Å². The van der Waals surface area contributed by atoms with E-state index in [0.717, 1.165) is 6.42 Å². The fourth-order valence-electron chi connectivity index (χ4n) is 1.21. The van der Waals surface area contributed by atoms with Gasteiger partial charge in [-0.1, -0.05) is 6.08 Å². The second-order valence-electron chi connectivity index (χ2n) is 3.38. The van der Waals surface area contributed by atoms with Gasteiger partial charge in [-0.05, 0) is 6.42 Å².